The first-order chi connectivity index (χ1) is 14.2. The highest BCUT2D eigenvalue weighted by atomic mass is 16.5. The van der Waals surface area contributed by atoms with Gasteiger partial charge >= 0.3 is 0 Å². The lowest BCUT2D eigenvalue weighted by Gasteiger charge is -2.43. The lowest BCUT2D eigenvalue weighted by atomic mass is 9.78. The molecule has 0 atom stereocenters. The largest absolute Gasteiger partial charge is 0.379 e. The first-order valence-corrected chi connectivity index (χ1v) is 10.0. The number of nitrogens with one attached hydrogen (secondary N) is 1. The van der Waals surface area contributed by atoms with Crippen LogP contribution in [0.4, 0.5) is 5.82 Å². The molecule has 1 amide bonds. The van der Waals surface area contributed by atoms with Crippen molar-refractivity contribution in [2.45, 2.75) is 18.9 Å². The van der Waals surface area contributed by atoms with Gasteiger partial charge < -0.3 is 10.1 Å². The smallest absolute Gasteiger partial charge is 0.228 e. The predicted molar refractivity (Wildman–Crippen MR) is 109 cm³/mol. The van der Waals surface area contributed by atoms with Gasteiger partial charge in [-0.25, -0.2) is 0 Å². The molecule has 1 aliphatic heterocycles. The maximum atomic E-state index is 12.6. The molecule has 1 saturated carbocycles. The predicted octanol–water partition coefficient (Wildman–Crippen LogP) is 2.08. The SMILES string of the molecule is Cn1cc(-c2ccc3nnc(NC(=O)C4CC(N5CCOCC5)C4)cc3c2)cn1. The molecule has 8 heteroatoms. The van der Waals surface area contributed by atoms with Gasteiger partial charge in [0.1, 0.15) is 0 Å². The number of hydrogen-bond donors (Lipinski definition) is 1. The summed E-state index contributed by atoms with van der Waals surface area (Å²) in [7, 11) is 1.90. The second-order valence-corrected chi connectivity index (χ2v) is 7.87. The Morgan fingerprint density at radius 1 is 1.14 bits per heavy atom. The van der Waals surface area contributed by atoms with E-state index in [2.05, 4.69) is 31.6 Å². The highest BCUT2D eigenvalue weighted by Crippen LogP contribution is 2.33. The third kappa shape index (κ3) is 3.73. The van der Waals surface area contributed by atoms with Crippen molar-refractivity contribution in [1.29, 1.82) is 0 Å². The van der Waals surface area contributed by atoms with E-state index in [-0.39, 0.29) is 11.8 Å². The summed E-state index contributed by atoms with van der Waals surface area (Å²) < 4.78 is 7.18. The Labute approximate surface area is 168 Å². The van der Waals surface area contributed by atoms with Crippen molar-refractivity contribution in [3.63, 3.8) is 0 Å². The fourth-order valence-corrected chi connectivity index (χ4v) is 4.13. The quantitative estimate of drug-likeness (QED) is 0.732. The van der Waals surface area contributed by atoms with Crippen LogP contribution >= 0.6 is 0 Å². The minimum atomic E-state index is 0.0339. The molecule has 1 aromatic carbocycles. The number of nitrogens with zero attached hydrogens (tertiary/aromatic N) is 5. The zero-order valence-corrected chi connectivity index (χ0v) is 16.4. The van der Waals surface area contributed by atoms with E-state index >= 15 is 0 Å². The van der Waals surface area contributed by atoms with Crippen LogP contribution in [0.2, 0.25) is 0 Å². The standard InChI is InChI=1S/C21H24N6O2/c1-26-13-17(12-22-26)14-2-3-19-15(8-14)11-20(25-24-19)23-21(28)16-9-18(10-16)27-4-6-29-7-5-27/h2-3,8,11-13,16,18H,4-7,9-10H2,1H3,(H,23,25,28). The Kier molecular flexibility index (Phi) is 4.73. The van der Waals surface area contributed by atoms with Gasteiger partial charge in [-0.2, -0.15) is 5.10 Å². The van der Waals surface area contributed by atoms with E-state index < -0.39 is 0 Å². The number of rotatable bonds is 4. The van der Waals surface area contributed by atoms with Crippen LogP contribution in [0.1, 0.15) is 12.8 Å². The van der Waals surface area contributed by atoms with E-state index in [0.29, 0.717) is 11.9 Å². The molecule has 1 N–H and O–H groups in total. The molecule has 3 aromatic rings. The van der Waals surface area contributed by atoms with Crippen LogP contribution in [0.3, 0.4) is 0 Å². The maximum absolute atomic E-state index is 12.6. The first kappa shape index (κ1) is 18.2. The lowest BCUT2D eigenvalue weighted by molar-refractivity contribution is -0.125. The number of benzene rings is 1. The average molecular weight is 392 g/mol. The molecule has 5 rings (SSSR count). The number of carbonyl (C=O) groups excluding carboxylic acids is 1. The van der Waals surface area contributed by atoms with E-state index in [0.717, 1.165) is 61.2 Å². The molecule has 3 heterocycles. The number of aromatic nitrogens is 4. The van der Waals surface area contributed by atoms with E-state index in [1.807, 2.05) is 37.6 Å². The van der Waals surface area contributed by atoms with Crippen LogP contribution in [0.15, 0.2) is 36.7 Å². The molecule has 8 nitrogen and oxygen atoms in total. The summed E-state index contributed by atoms with van der Waals surface area (Å²) in [5.74, 6) is 0.578. The molecule has 0 unspecified atom stereocenters. The summed E-state index contributed by atoms with van der Waals surface area (Å²) in [6.45, 7) is 3.52. The van der Waals surface area contributed by atoms with Gasteiger partial charge in [-0.15, -0.1) is 10.2 Å². The first-order valence-electron chi connectivity index (χ1n) is 10.0. The van der Waals surface area contributed by atoms with Gasteiger partial charge in [-0.1, -0.05) is 6.07 Å². The molecule has 1 aliphatic carbocycles. The molecule has 2 aromatic heterocycles. The fourth-order valence-electron chi connectivity index (χ4n) is 4.13. The van der Waals surface area contributed by atoms with Gasteiger partial charge in [-0.3, -0.25) is 14.4 Å². The van der Waals surface area contributed by atoms with Crippen LogP contribution in [0, 0.1) is 5.92 Å². The third-order valence-corrected chi connectivity index (χ3v) is 5.92. The molecule has 0 radical (unpaired) electrons. The minimum absolute atomic E-state index is 0.0339. The molecular weight excluding hydrogens is 368 g/mol. The molecule has 1 saturated heterocycles. The van der Waals surface area contributed by atoms with Crippen molar-refractivity contribution in [3.05, 3.63) is 36.7 Å². The molecule has 29 heavy (non-hydrogen) atoms. The second-order valence-electron chi connectivity index (χ2n) is 7.87. The Morgan fingerprint density at radius 3 is 2.72 bits per heavy atom. The van der Waals surface area contributed by atoms with Gasteiger partial charge in [0.15, 0.2) is 5.82 Å². The van der Waals surface area contributed by atoms with Crippen molar-refractivity contribution in [2.24, 2.45) is 13.0 Å². The molecule has 0 bridgehead atoms. The topological polar surface area (TPSA) is 85.2 Å². The Bertz CT molecular complexity index is 1040. The highest BCUT2D eigenvalue weighted by molar-refractivity contribution is 5.94. The van der Waals surface area contributed by atoms with Crippen LogP contribution in [0.25, 0.3) is 22.0 Å². The van der Waals surface area contributed by atoms with Gasteiger partial charge in [0.05, 0.1) is 24.9 Å². The Morgan fingerprint density at radius 2 is 1.97 bits per heavy atom. The molecule has 2 aliphatic rings. The summed E-state index contributed by atoms with van der Waals surface area (Å²) in [4.78, 5) is 15.1. The number of hydrogen-bond acceptors (Lipinski definition) is 6. The van der Waals surface area contributed by atoms with E-state index in [1.54, 1.807) is 4.68 Å². The van der Waals surface area contributed by atoms with Crippen LogP contribution in [-0.4, -0.2) is 63.1 Å². The van der Waals surface area contributed by atoms with Crippen molar-refractivity contribution in [3.8, 4) is 11.1 Å². The zero-order valence-electron chi connectivity index (χ0n) is 16.4. The summed E-state index contributed by atoms with van der Waals surface area (Å²) in [6.07, 6.45) is 5.61. The molecule has 2 fully saturated rings. The fraction of sp³-hybridized carbons (Fsp3) is 0.429. The van der Waals surface area contributed by atoms with Gasteiger partial charge in [0.25, 0.3) is 0 Å². The van der Waals surface area contributed by atoms with Crippen LogP contribution in [0.5, 0.6) is 0 Å². The molecular formula is C21H24N6O2. The van der Waals surface area contributed by atoms with E-state index in [4.69, 9.17) is 4.74 Å². The second kappa shape index (κ2) is 7.53. The highest BCUT2D eigenvalue weighted by Gasteiger charge is 2.38. The van der Waals surface area contributed by atoms with Gasteiger partial charge in [0.2, 0.25) is 5.91 Å². The number of amides is 1. The number of anilines is 1. The van der Waals surface area contributed by atoms with Crippen LogP contribution in [-0.2, 0) is 16.6 Å². The number of aryl methyl sites for hydroxylation is 1. The number of morpholine rings is 1. The summed E-state index contributed by atoms with van der Waals surface area (Å²) in [6, 6.07) is 8.38. The molecule has 150 valence electrons. The van der Waals surface area contributed by atoms with E-state index in [1.165, 1.54) is 0 Å². The number of ether oxygens (including phenoxy) is 1. The third-order valence-electron chi connectivity index (χ3n) is 5.92. The van der Waals surface area contributed by atoms with Crippen molar-refractivity contribution >= 4 is 22.6 Å². The van der Waals surface area contributed by atoms with Crippen molar-refractivity contribution < 1.29 is 9.53 Å². The zero-order chi connectivity index (χ0) is 19.8. The van der Waals surface area contributed by atoms with Gasteiger partial charge in [0, 0.05) is 49.2 Å². The summed E-state index contributed by atoms with van der Waals surface area (Å²) >= 11 is 0. The minimum Gasteiger partial charge on any atom is -0.379 e. The summed E-state index contributed by atoms with van der Waals surface area (Å²) in [5, 5.41) is 16.6. The van der Waals surface area contributed by atoms with Gasteiger partial charge in [-0.05, 0) is 36.6 Å². The molecule has 0 spiro atoms. The number of carbonyl (C=O) groups is 1. The van der Waals surface area contributed by atoms with Crippen molar-refractivity contribution in [2.75, 3.05) is 31.6 Å². The maximum Gasteiger partial charge on any atom is 0.228 e. The van der Waals surface area contributed by atoms with Crippen molar-refractivity contribution in [1.82, 2.24) is 24.9 Å². The average Bonchev–Trinajstić information content (AvgIpc) is 3.13. The number of fused-ring (bicyclic) bond motifs is 1. The van der Waals surface area contributed by atoms with E-state index in [9.17, 15) is 4.79 Å². The Hall–Kier alpha value is -2.84. The lowest BCUT2D eigenvalue weighted by Crippen LogP contribution is -2.52. The monoisotopic (exact) mass is 392 g/mol. The van der Waals surface area contributed by atoms with Crippen LogP contribution < -0.4 is 5.32 Å². The Balaban J connectivity index is 1.26. The normalized spacial score (nSPS) is 22.4. The summed E-state index contributed by atoms with van der Waals surface area (Å²) in [5.41, 5.74) is 2.90.